The molecule has 1 N–H and O–H groups in total. The summed E-state index contributed by atoms with van der Waals surface area (Å²) in [4.78, 5) is 36.8. The SMILES string of the molecule is CC(=O)SCC1CC(=O)N(c2ccc(NC(=O)CC(C)C)cc2)C1. The van der Waals surface area contributed by atoms with Gasteiger partial charge in [0.05, 0.1) is 0 Å². The third kappa shape index (κ3) is 5.37. The molecule has 6 heteroatoms. The minimum absolute atomic E-state index is 0.00341. The van der Waals surface area contributed by atoms with E-state index >= 15 is 0 Å². The van der Waals surface area contributed by atoms with E-state index in [0.29, 0.717) is 31.1 Å². The van der Waals surface area contributed by atoms with Crippen molar-refractivity contribution in [3.05, 3.63) is 24.3 Å². The fourth-order valence-corrected chi connectivity index (χ4v) is 3.38. The Morgan fingerprint density at radius 2 is 1.96 bits per heavy atom. The van der Waals surface area contributed by atoms with Crippen LogP contribution in [0.3, 0.4) is 0 Å². The highest BCUT2D eigenvalue weighted by molar-refractivity contribution is 8.13. The van der Waals surface area contributed by atoms with Crippen LogP contribution in [0.15, 0.2) is 24.3 Å². The molecule has 0 bridgehead atoms. The van der Waals surface area contributed by atoms with Crippen molar-refractivity contribution in [1.29, 1.82) is 0 Å². The molecule has 2 rings (SSSR count). The number of anilines is 2. The van der Waals surface area contributed by atoms with Crippen LogP contribution in [-0.2, 0) is 14.4 Å². The van der Waals surface area contributed by atoms with E-state index in [1.807, 2.05) is 38.1 Å². The minimum Gasteiger partial charge on any atom is -0.326 e. The Kier molecular flexibility index (Phi) is 6.43. The molecule has 0 spiro atoms. The van der Waals surface area contributed by atoms with Gasteiger partial charge in [-0.25, -0.2) is 0 Å². The number of thioether (sulfide) groups is 1. The fourth-order valence-electron chi connectivity index (χ4n) is 2.69. The van der Waals surface area contributed by atoms with Gasteiger partial charge in [0.15, 0.2) is 5.12 Å². The Balaban J connectivity index is 1.94. The van der Waals surface area contributed by atoms with Crippen LogP contribution in [0.25, 0.3) is 0 Å². The van der Waals surface area contributed by atoms with Crippen LogP contribution in [-0.4, -0.2) is 29.2 Å². The zero-order valence-corrected chi connectivity index (χ0v) is 15.2. The molecule has 0 aliphatic carbocycles. The quantitative estimate of drug-likeness (QED) is 0.856. The molecule has 5 nitrogen and oxygen atoms in total. The first-order valence-electron chi connectivity index (χ1n) is 8.18. The molecule has 1 unspecified atom stereocenters. The second-order valence-electron chi connectivity index (χ2n) is 6.57. The number of carbonyl (C=O) groups excluding carboxylic acids is 3. The lowest BCUT2D eigenvalue weighted by atomic mass is 10.1. The third-order valence-corrected chi connectivity index (χ3v) is 4.83. The molecule has 1 aromatic carbocycles. The van der Waals surface area contributed by atoms with E-state index in [2.05, 4.69) is 5.32 Å². The summed E-state index contributed by atoms with van der Waals surface area (Å²) in [6.07, 6.45) is 0.967. The third-order valence-electron chi connectivity index (χ3n) is 3.78. The van der Waals surface area contributed by atoms with E-state index in [-0.39, 0.29) is 22.8 Å². The number of benzene rings is 1. The van der Waals surface area contributed by atoms with Crippen LogP contribution in [0, 0.1) is 11.8 Å². The Labute approximate surface area is 147 Å². The number of nitrogens with one attached hydrogen (secondary N) is 1. The molecule has 130 valence electrons. The Hall–Kier alpha value is -1.82. The molecule has 1 saturated heterocycles. The summed E-state index contributed by atoms with van der Waals surface area (Å²) in [6, 6.07) is 7.34. The van der Waals surface area contributed by atoms with Crippen LogP contribution in [0.4, 0.5) is 11.4 Å². The van der Waals surface area contributed by atoms with Crippen molar-refractivity contribution in [2.24, 2.45) is 11.8 Å². The monoisotopic (exact) mass is 348 g/mol. The van der Waals surface area contributed by atoms with E-state index in [4.69, 9.17) is 0 Å². The average Bonchev–Trinajstić information content (AvgIpc) is 2.86. The summed E-state index contributed by atoms with van der Waals surface area (Å²) in [5.41, 5.74) is 1.57. The number of rotatable bonds is 6. The van der Waals surface area contributed by atoms with Crippen LogP contribution < -0.4 is 10.2 Å². The molecule has 0 radical (unpaired) electrons. The van der Waals surface area contributed by atoms with Crippen molar-refractivity contribution < 1.29 is 14.4 Å². The number of nitrogens with zero attached hydrogens (tertiary/aromatic N) is 1. The molecule has 24 heavy (non-hydrogen) atoms. The molecular weight excluding hydrogens is 324 g/mol. The molecule has 1 atom stereocenters. The zero-order valence-electron chi connectivity index (χ0n) is 14.4. The maximum Gasteiger partial charge on any atom is 0.227 e. The normalized spacial score (nSPS) is 17.4. The van der Waals surface area contributed by atoms with Crippen molar-refractivity contribution in [1.82, 2.24) is 0 Å². The van der Waals surface area contributed by atoms with Crippen molar-refractivity contribution in [3.63, 3.8) is 0 Å². The molecule has 1 aromatic rings. The molecular formula is C18H24N2O3S. The Bertz CT molecular complexity index is 613. The summed E-state index contributed by atoms with van der Waals surface area (Å²) in [7, 11) is 0. The van der Waals surface area contributed by atoms with E-state index in [1.54, 1.807) is 11.8 Å². The average molecular weight is 348 g/mol. The number of carbonyl (C=O) groups is 3. The highest BCUT2D eigenvalue weighted by atomic mass is 32.2. The predicted molar refractivity (Wildman–Crippen MR) is 98.1 cm³/mol. The van der Waals surface area contributed by atoms with E-state index in [0.717, 1.165) is 11.4 Å². The molecule has 0 saturated carbocycles. The lowest BCUT2D eigenvalue weighted by Gasteiger charge is -2.17. The summed E-state index contributed by atoms with van der Waals surface area (Å²) in [6.45, 7) is 6.19. The number of hydrogen-bond donors (Lipinski definition) is 1. The van der Waals surface area contributed by atoms with Gasteiger partial charge in [-0.05, 0) is 36.1 Å². The first kappa shape index (κ1) is 18.5. The Morgan fingerprint density at radius 1 is 1.29 bits per heavy atom. The largest absolute Gasteiger partial charge is 0.326 e. The van der Waals surface area contributed by atoms with Gasteiger partial charge in [0.2, 0.25) is 11.8 Å². The fraction of sp³-hybridized carbons (Fsp3) is 0.500. The Morgan fingerprint density at radius 3 is 2.54 bits per heavy atom. The van der Waals surface area contributed by atoms with E-state index < -0.39 is 0 Å². The summed E-state index contributed by atoms with van der Waals surface area (Å²) in [5.74, 6) is 1.28. The van der Waals surface area contributed by atoms with Crippen molar-refractivity contribution in [3.8, 4) is 0 Å². The van der Waals surface area contributed by atoms with Gasteiger partial charge in [-0.3, -0.25) is 14.4 Å². The second kappa shape index (κ2) is 8.33. The van der Waals surface area contributed by atoms with Crippen LogP contribution in [0.1, 0.15) is 33.6 Å². The zero-order chi connectivity index (χ0) is 17.7. The maximum atomic E-state index is 12.2. The van der Waals surface area contributed by atoms with Crippen molar-refractivity contribution >= 4 is 40.1 Å². The molecule has 1 aliphatic heterocycles. The minimum atomic E-state index is -0.00341. The number of amides is 2. The van der Waals surface area contributed by atoms with Gasteiger partial charge in [-0.15, -0.1) is 0 Å². The maximum absolute atomic E-state index is 12.2. The molecule has 1 aliphatic rings. The lowest BCUT2D eigenvalue weighted by molar-refractivity contribution is -0.117. The van der Waals surface area contributed by atoms with Gasteiger partial charge in [0.25, 0.3) is 0 Å². The first-order valence-corrected chi connectivity index (χ1v) is 9.17. The number of hydrogen-bond acceptors (Lipinski definition) is 4. The van der Waals surface area contributed by atoms with Gasteiger partial charge >= 0.3 is 0 Å². The van der Waals surface area contributed by atoms with Gasteiger partial charge in [0.1, 0.15) is 0 Å². The highest BCUT2D eigenvalue weighted by Crippen LogP contribution is 2.28. The summed E-state index contributed by atoms with van der Waals surface area (Å²) in [5, 5.41) is 2.95. The summed E-state index contributed by atoms with van der Waals surface area (Å²) < 4.78 is 0. The van der Waals surface area contributed by atoms with Crippen molar-refractivity contribution in [2.45, 2.75) is 33.6 Å². The second-order valence-corrected chi connectivity index (χ2v) is 7.77. The van der Waals surface area contributed by atoms with Gasteiger partial charge in [-0.2, -0.15) is 0 Å². The molecule has 2 amide bonds. The van der Waals surface area contributed by atoms with E-state index in [9.17, 15) is 14.4 Å². The smallest absolute Gasteiger partial charge is 0.227 e. The van der Waals surface area contributed by atoms with Crippen molar-refractivity contribution in [2.75, 3.05) is 22.5 Å². The molecule has 0 aromatic heterocycles. The topological polar surface area (TPSA) is 66.5 Å². The van der Waals surface area contributed by atoms with Crippen LogP contribution >= 0.6 is 11.8 Å². The molecule has 1 heterocycles. The van der Waals surface area contributed by atoms with Crippen LogP contribution in [0.2, 0.25) is 0 Å². The first-order chi connectivity index (χ1) is 11.3. The lowest BCUT2D eigenvalue weighted by Crippen LogP contribution is -2.24. The summed E-state index contributed by atoms with van der Waals surface area (Å²) >= 11 is 1.28. The molecule has 1 fully saturated rings. The van der Waals surface area contributed by atoms with Gasteiger partial charge in [-0.1, -0.05) is 25.6 Å². The van der Waals surface area contributed by atoms with Gasteiger partial charge < -0.3 is 10.2 Å². The van der Waals surface area contributed by atoms with Crippen LogP contribution in [0.5, 0.6) is 0 Å². The van der Waals surface area contributed by atoms with E-state index in [1.165, 1.54) is 11.8 Å². The standard InChI is InChI=1S/C18H24N2O3S/c1-12(2)8-17(22)19-15-4-6-16(7-5-15)20-10-14(9-18(20)23)11-24-13(3)21/h4-7,12,14H,8-11H2,1-3H3,(H,19,22). The van der Waals surface area contributed by atoms with Gasteiger partial charge in [0, 0.05) is 43.4 Å². The predicted octanol–water partition coefficient (Wildman–Crippen LogP) is 3.30. The highest BCUT2D eigenvalue weighted by Gasteiger charge is 2.30.